The van der Waals surface area contributed by atoms with Crippen molar-refractivity contribution in [3.05, 3.63) is 41.6 Å². The van der Waals surface area contributed by atoms with Gasteiger partial charge in [-0.1, -0.05) is 36.4 Å². The Bertz CT molecular complexity index is 112. The Hall–Kier alpha value is -1.31. The SMILES string of the molecule is C=[NH+][O-].c1ccccc1. The molecule has 0 unspecified atom stereocenters. The topological polar surface area (TPSA) is 37.0 Å². The predicted molar refractivity (Wildman–Crippen MR) is 37.9 cm³/mol. The second-order valence-corrected chi connectivity index (χ2v) is 1.30. The minimum absolute atomic E-state index is 1.25. The highest BCUT2D eigenvalue weighted by molar-refractivity contribution is 5.12. The second-order valence-electron chi connectivity index (χ2n) is 1.30. The van der Waals surface area contributed by atoms with Crippen molar-refractivity contribution in [2.45, 2.75) is 0 Å². The van der Waals surface area contributed by atoms with Crippen LogP contribution in [0.5, 0.6) is 0 Å². The number of nitrogens with one attached hydrogen (secondary N) is 1. The van der Waals surface area contributed by atoms with E-state index >= 15 is 0 Å². The van der Waals surface area contributed by atoms with Gasteiger partial charge in [-0.05, 0) is 0 Å². The molecule has 0 saturated heterocycles. The summed E-state index contributed by atoms with van der Waals surface area (Å²) >= 11 is 0. The summed E-state index contributed by atoms with van der Waals surface area (Å²) in [7, 11) is 0. The molecule has 1 aromatic carbocycles. The van der Waals surface area contributed by atoms with Crippen LogP contribution in [0.3, 0.4) is 0 Å². The van der Waals surface area contributed by atoms with Gasteiger partial charge in [0.05, 0.1) is 0 Å². The van der Waals surface area contributed by atoms with Gasteiger partial charge in [0.2, 0.25) is 0 Å². The van der Waals surface area contributed by atoms with Crippen LogP contribution in [0.2, 0.25) is 0 Å². The Morgan fingerprint density at radius 3 is 1.11 bits per heavy atom. The van der Waals surface area contributed by atoms with Crippen molar-refractivity contribution >= 4 is 6.72 Å². The van der Waals surface area contributed by atoms with E-state index in [1.54, 1.807) is 0 Å². The molecule has 0 fully saturated rings. The second kappa shape index (κ2) is 6.69. The van der Waals surface area contributed by atoms with E-state index in [0.717, 1.165) is 0 Å². The molecule has 0 atom stereocenters. The molecular weight excluding hydrogens is 114 g/mol. The molecule has 0 aliphatic carbocycles. The van der Waals surface area contributed by atoms with Crippen LogP contribution >= 0.6 is 0 Å². The van der Waals surface area contributed by atoms with Crippen molar-refractivity contribution in [3.63, 3.8) is 0 Å². The molecule has 0 radical (unpaired) electrons. The summed E-state index contributed by atoms with van der Waals surface area (Å²) in [5.74, 6) is 0. The summed E-state index contributed by atoms with van der Waals surface area (Å²) in [6.07, 6.45) is 0. The van der Waals surface area contributed by atoms with E-state index in [0.29, 0.717) is 0 Å². The molecule has 0 amide bonds. The molecule has 0 bridgehead atoms. The molecule has 0 aromatic heterocycles. The first kappa shape index (κ1) is 7.69. The van der Waals surface area contributed by atoms with E-state index in [9.17, 15) is 0 Å². The van der Waals surface area contributed by atoms with E-state index in [1.807, 2.05) is 36.4 Å². The molecule has 0 saturated carbocycles. The third-order valence-corrected chi connectivity index (χ3v) is 0.667. The van der Waals surface area contributed by atoms with Gasteiger partial charge in [0.15, 0.2) is 0 Å². The fourth-order valence-electron chi connectivity index (χ4n) is 0.385. The maximum atomic E-state index is 8.57. The molecule has 9 heavy (non-hydrogen) atoms. The zero-order valence-electron chi connectivity index (χ0n) is 5.08. The quantitative estimate of drug-likeness (QED) is 0.293. The van der Waals surface area contributed by atoms with Crippen LogP contribution in [-0.4, -0.2) is 6.72 Å². The van der Waals surface area contributed by atoms with E-state index in [4.69, 9.17) is 5.21 Å². The fraction of sp³-hybridized carbons (Fsp3) is 0. The average Bonchev–Trinajstić information content (AvgIpc) is 1.93. The third kappa shape index (κ3) is 6.69. The number of benzene rings is 1. The fourth-order valence-corrected chi connectivity index (χ4v) is 0.385. The van der Waals surface area contributed by atoms with E-state index in [2.05, 4.69) is 6.72 Å². The summed E-state index contributed by atoms with van der Waals surface area (Å²) < 4.78 is 0. The van der Waals surface area contributed by atoms with Crippen molar-refractivity contribution in [1.82, 2.24) is 0 Å². The van der Waals surface area contributed by atoms with E-state index in [1.165, 1.54) is 5.16 Å². The average molecular weight is 123 g/mol. The molecule has 0 heterocycles. The number of hydrogen-bond acceptors (Lipinski definition) is 1. The highest BCUT2D eigenvalue weighted by Crippen LogP contribution is 1.79. The lowest BCUT2D eigenvalue weighted by Crippen LogP contribution is -2.56. The molecule has 1 N–H and O–H groups in total. The van der Waals surface area contributed by atoms with Crippen LogP contribution in [0.15, 0.2) is 36.4 Å². The van der Waals surface area contributed by atoms with Gasteiger partial charge < -0.3 is 5.21 Å². The van der Waals surface area contributed by atoms with Gasteiger partial charge in [0.25, 0.3) is 0 Å². The summed E-state index contributed by atoms with van der Waals surface area (Å²) in [5.41, 5.74) is 0. The van der Waals surface area contributed by atoms with Crippen molar-refractivity contribution in [2.24, 2.45) is 0 Å². The van der Waals surface area contributed by atoms with Crippen molar-refractivity contribution < 1.29 is 5.16 Å². The van der Waals surface area contributed by atoms with E-state index < -0.39 is 0 Å². The molecule has 2 nitrogen and oxygen atoms in total. The van der Waals surface area contributed by atoms with Crippen LogP contribution < -0.4 is 5.16 Å². The highest BCUT2D eigenvalue weighted by Gasteiger charge is 1.57. The first-order chi connectivity index (χ1) is 4.41. The molecule has 48 valence electrons. The number of hydrogen-bond donors (Lipinski definition) is 1. The minimum Gasteiger partial charge on any atom is -0.626 e. The molecule has 2 heteroatoms. The molecule has 0 aliphatic heterocycles. The van der Waals surface area contributed by atoms with Crippen LogP contribution in [0.1, 0.15) is 0 Å². The first-order valence-corrected chi connectivity index (χ1v) is 2.56. The molecule has 1 rings (SSSR count). The Kier molecular flexibility index (Phi) is 5.72. The predicted octanol–water partition coefficient (Wildman–Crippen LogP) is -0.0480. The zero-order chi connectivity index (χ0) is 6.95. The van der Waals surface area contributed by atoms with Gasteiger partial charge in [-0.3, -0.25) is 0 Å². The van der Waals surface area contributed by atoms with Crippen molar-refractivity contribution in [2.75, 3.05) is 0 Å². The first-order valence-electron chi connectivity index (χ1n) is 2.56. The summed E-state index contributed by atoms with van der Waals surface area (Å²) in [4.78, 5) is 0. The third-order valence-electron chi connectivity index (χ3n) is 0.667. The van der Waals surface area contributed by atoms with Gasteiger partial charge in [-0.25, -0.2) is 5.16 Å². The van der Waals surface area contributed by atoms with Crippen LogP contribution in [-0.2, 0) is 0 Å². The maximum Gasteiger partial charge on any atom is 0.136 e. The molecule has 0 spiro atoms. The minimum atomic E-state index is 1.25. The summed E-state index contributed by atoms with van der Waals surface area (Å²) in [6.45, 7) is 2.68. The van der Waals surface area contributed by atoms with Crippen LogP contribution in [0.25, 0.3) is 0 Å². The van der Waals surface area contributed by atoms with Crippen molar-refractivity contribution in [1.29, 1.82) is 0 Å². The zero-order valence-corrected chi connectivity index (χ0v) is 5.08. The monoisotopic (exact) mass is 123 g/mol. The normalized spacial score (nSPS) is 6.67. The lowest BCUT2D eigenvalue weighted by molar-refractivity contribution is -0.361. The Morgan fingerprint density at radius 1 is 0.889 bits per heavy atom. The van der Waals surface area contributed by atoms with Gasteiger partial charge in [-0.2, -0.15) is 0 Å². The highest BCUT2D eigenvalue weighted by atomic mass is 16.4. The Labute approximate surface area is 54.4 Å². The van der Waals surface area contributed by atoms with Gasteiger partial charge >= 0.3 is 0 Å². The smallest absolute Gasteiger partial charge is 0.136 e. The molecular formula is C7H9NO. The van der Waals surface area contributed by atoms with Crippen LogP contribution in [0, 0.1) is 5.21 Å². The summed E-state index contributed by atoms with van der Waals surface area (Å²) in [5, 5.41) is 9.82. The van der Waals surface area contributed by atoms with Gasteiger partial charge in [0, 0.05) is 0 Å². The Morgan fingerprint density at radius 2 is 1.00 bits per heavy atom. The molecule has 1 aromatic rings. The van der Waals surface area contributed by atoms with Gasteiger partial charge in [-0.15, -0.1) is 0 Å². The lowest BCUT2D eigenvalue weighted by atomic mass is 10.4. The van der Waals surface area contributed by atoms with Gasteiger partial charge in [0.1, 0.15) is 6.72 Å². The maximum absolute atomic E-state index is 8.57. The largest absolute Gasteiger partial charge is 0.626 e. The standard InChI is InChI=1S/C6H6.CH3NO/c1-2-4-6-5-3-1;1-2-3/h1-6H;2H,1H2. The molecule has 0 aliphatic rings. The lowest BCUT2D eigenvalue weighted by Gasteiger charge is -1.69. The van der Waals surface area contributed by atoms with E-state index in [-0.39, 0.29) is 0 Å². The summed E-state index contributed by atoms with van der Waals surface area (Å²) in [6, 6.07) is 12.0. The van der Waals surface area contributed by atoms with Crippen LogP contribution in [0.4, 0.5) is 0 Å². The number of rotatable bonds is 0. The van der Waals surface area contributed by atoms with Crippen molar-refractivity contribution in [3.8, 4) is 0 Å². The Balaban J connectivity index is 0.000000187.